The zero-order chi connectivity index (χ0) is 14.9. The lowest BCUT2D eigenvalue weighted by atomic mass is 9.76. The molecule has 1 aliphatic carbocycles. The van der Waals surface area contributed by atoms with Gasteiger partial charge in [-0.1, -0.05) is 5.16 Å². The maximum atomic E-state index is 10.9. The first-order chi connectivity index (χ1) is 10.1. The Labute approximate surface area is 122 Å². The minimum absolute atomic E-state index is 0.0799. The van der Waals surface area contributed by atoms with Crippen LogP contribution in [-0.2, 0) is 9.63 Å². The zero-order valence-electron chi connectivity index (χ0n) is 11.9. The van der Waals surface area contributed by atoms with Crippen molar-refractivity contribution in [3.63, 3.8) is 0 Å². The van der Waals surface area contributed by atoms with Crippen molar-refractivity contribution < 1.29 is 19.1 Å². The SMILES string of the molecule is COc1ccc(C2=NOC3(CCC3)C2)cc1OCC(N)=O. The van der Waals surface area contributed by atoms with E-state index in [1.54, 1.807) is 13.2 Å². The molecule has 1 aliphatic heterocycles. The average molecular weight is 290 g/mol. The van der Waals surface area contributed by atoms with Gasteiger partial charge in [-0.3, -0.25) is 4.79 Å². The molecule has 1 saturated carbocycles. The molecular weight excluding hydrogens is 272 g/mol. The number of rotatable bonds is 5. The fourth-order valence-electron chi connectivity index (χ4n) is 2.63. The normalized spacial score (nSPS) is 18.6. The summed E-state index contributed by atoms with van der Waals surface area (Å²) in [7, 11) is 1.55. The predicted octanol–water partition coefficient (Wildman–Crippen LogP) is 1.61. The van der Waals surface area contributed by atoms with Crippen molar-refractivity contribution in [2.75, 3.05) is 13.7 Å². The van der Waals surface area contributed by atoms with Gasteiger partial charge in [-0.15, -0.1) is 0 Å². The molecule has 0 bridgehead atoms. The summed E-state index contributed by atoms with van der Waals surface area (Å²) in [5.74, 6) is 0.501. The molecule has 3 rings (SSSR count). The maximum Gasteiger partial charge on any atom is 0.255 e. The lowest BCUT2D eigenvalue weighted by molar-refractivity contribution is -0.119. The number of carbonyl (C=O) groups is 1. The third kappa shape index (κ3) is 2.66. The van der Waals surface area contributed by atoms with Crippen LogP contribution in [0.25, 0.3) is 0 Å². The number of ether oxygens (including phenoxy) is 2. The Bertz CT molecular complexity index is 593. The van der Waals surface area contributed by atoms with Crippen LogP contribution in [0, 0.1) is 0 Å². The van der Waals surface area contributed by atoms with Crippen molar-refractivity contribution in [2.45, 2.75) is 31.3 Å². The van der Waals surface area contributed by atoms with Gasteiger partial charge in [0.2, 0.25) is 0 Å². The van der Waals surface area contributed by atoms with Crippen LogP contribution >= 0.6 is 0 Å². The molecule has 0 atom stereocenters. The largest absolute Gasteiger partial charge is 0.493 e. The molecule has 0 radical (unpaired) electrons. The molecule has 1 amide bonds. The Morgan fingerprint density at radius 1 is 1.43 bits per heavy atom. The second kappa shape index (κ2) is 5.27. The maximum absolute atomic E-state index is 10.9. The van der Waals surface area contributed by atoms with E-state index in [1.165, 1.54) is 6.42 Å². The summed E-state index contributed by atoms with van der Waals surface area (Å²) in [6.45, 7) is -0.188. The van der Waals surface area contributed by atoms with Gasteiger partial charge in [0.25, 0.3) is 5.91 Å². The highest BCUT2D eigenvalue weighted by molar-refractivity contribution is 6.02. The first-order valence-corrected chi connectivity index (χ1v) is 6.96. The molecule has 6 nitrogen and oxygen atoms in total. The van der Waals surface area contributed by atoms with Crippen LogP contribution in [0.4, 0.5) is 0 Å². The molecule has 1 aromatic rings. The van der Waals surface area contributed by atoms with Crippen LogP contribution in [0.5, 0.6) is 11.5 Å². The minimum atomic E-state index is -0.530. The van der Waals surface area contributed by atoms with Crippen molar-refractivity contribution >= 4 is 11.6 Å². The predicted molar refractivity (Wildman–Crippen MR) is 76.5 cm³/mol. The lowest BCUT2D eigenvalue weighted by Crippen LogP contribution is -2.36. The van der Waals surface area contributed by atoms with Crippen molar-refractivity contribution in [1.29, 1.82) is 0 Å². The Morgan fingerprint density at radius 3 is 2.81 bits per heavy atom. The molecule has 0 saturated heterocycles. The monoisotopic (exact) mass is 290 g/mol. The Morgan fingerprint density at radius 2 is 2.24 bits per heavy atom. The molecule has 6 heteroatoms. The molecule has 112 valence electrons. The Balaban J connectivity index is 1.79. The molecular formula is C15H18N2O4. The number of primary amides is 1. The third-order valence-corrected chi connectivity index (χ3v) is 3.97. The van der Waals surface area contributed by atoms with Gasteiger partial charge in [-0.25, -0.2) is 0 Å². The average Bonchev–Trinajstić information content (AvgIpc) is 2.90. The van der Waals surface area contributed by atoms with E-state index in [4.69, 9.17) is 20.0 Å². The van der Waals surface area contributed by atoms with E-state index in [9.17, 15) is 4.79 Å². The number of carbonyl (C=O) groups excluding carboxylic acids is 1. The van der Waals surface area contributed by atoms with E-state index in [0.717, 1.165) is 30.5 Å². The van der Waals surface area contributed by atoms with E-state index in [0.29, 0.717) is 11.5 Å². The molecule has 1 fully saturated rings. The Hall–Kier alpha value is -2.24. The first kappa shape index (κ1) is 13.7. The van der Waals surface area contributed by atoms with Crippen LogP contribution in [-0.4, -0.2) is 30.9 Å². The van der Waals surface area contributed by atoms with E-state index in [1.807, 2.05) is 12.1 Å². The number of hydrogen-bond donors (Lipinski definition) is 1. The molecule has 0 unspecified atom stereocenters. The molecule has 21 heavy (non-hydrogen) atoms. The van der Waals surface area contributed by atoms with Crippen molar-refractivity contribution in [3.8, 4) is 11.5 Å². The number of nitrogens with two attached hydrogens (primary N) is 1. The number of amides is 1. The fraction of sp³-hybridized carbons (Fsp3) is 0.467. The van der Waals surface area contributed by atoms with Gasteiger partial charge in [0.15, 0.2) is 18.1 Å². The van der Waals surface area contributed by atoms with Gasteiger partial charge >= 0.3 is 0 Å². The first-order valence-electron chi connectivity index (χ1n) is 6.96. The van der Waals surface area contributed by atoms with Crippen LogP contribution in [0.2, 0.25) is 0 Å². The fourth-order valence-corrected chi connectivity index (χ4v) is 2.63. The second-order valence-electron chi connectivity index (χ2n) is 5.46. The standard InChI is InChI=1S/C15H18N2O4/c1-19-12-4-3-10(7-13(12)20-9-14(16)18)11-8-15(21-17-11)5-2-6-15/h3-4,7H,2,5-6,8-9H2,1H3,(H2,16,18). The summed E-state index contributed by atoms with van der Waals surface area (Å²) >= 11 is 0. The Kier molecular flexibility index (Phi) is 3.45. The highest BCUT2D eigenvalue weighted by atomic mass is 16.7. The van der Waals surface area contributed by atoms with Gasteiger partial charge in [-0.05, 0) is 37.5 Å². The highest BCUT2D eigenvalue weighted by Crippen LogP contribution is 2.43. The smallest absolute Gasteiger partial charge is 0.255 e. The summed E-state index contributed by atoms with van der Waals surface area (Å²) in [5.41, 5.74) is 6.84. The number of hydrogen-bond acceptors (Lipinski definition) is 5. The molecule has 0 aromatic heterocycles. The second-order valence-corrected chi connectivity index (χ2v) is 5.46. The number of methoxy groups -OCH3 is 1. The summed E-state index contributed by atoms with van der Waals surface area (Å²) < 4.78 is 10.6. The summed E-state index contributed by atoms with van der Waals surface area (Å²) in [4.78, 5) is 16.4. The van der Waals surface area contributed by atoms with Gasteiger partial charge in [-0.2, -0.15) is 0 Å². The van der Waals surface area contributed by atoms with Gasteiger partial charge in [0.1, 0.15) is 5.60 Å². The van der Waals surface area contributed by atoms with Crippen LogP contribution in [0.1, 0.15) is 31.2 Å². The number of benzene rings is 1. The quantitative estimate of drug-likeness (QED) is 0.893. The minimum Gasteiger partial charge on any atom is -0.493 e. The third-order valence-electron chi connectivity index (χ3n) is 3.97. The molecule has 2 N–H and O–H groups in total. The molecule has 1 spiro atoms. The number of oxime groups is 1. The van der Waals surface area contributed by atoms with Crippen LogP contribution in [0.15, 0.2) is 23.4 Å². The van der Waals surface area contributed by atoms with Gasteiger partial charge in [0.05, 0.1) is 12.8 Å². The van der Waals surface area contributed by atoms with Gasteiger partial charge < -0.3 is 20.0 Å². The summed E-state index contributed by atoms with van der Waals surface area (Å²) in [5, 5.41) is 4.20. The topological polar surface area (TPSA) is 83.1 Å². The molecule has 1 heterocycles. The lowest BCUT2D eigenvalue weighted by Gasteiger charge is -2.34. The van der Waals surface area contributed by atoms with E-state index < -0.39 is 5.91 Å². The van der Waals surface area contributed by atoms with Gasteiger partial charge in [0, 0.05) is 12.0 Å². The summed E-state index contributed by atoms with van der Waals surface area (Å²) in [6, 6.07) is 5.51. The molecule has 2 aliphatic rings. The molecule has 1 aromatic carbocycles. The van der Waals surface area contributed by atoms with Crippen molar-refractivity contribution in [3.05, 3.63) is 23.8 Å². The van der Waals surface area contributed by atoms with E-state index in [-0.39, 0.29) is 12.2 Å². The van der Waals surface area contributed by atoms with Crippen LogP contribution in [0.3, 0.4) is 0 Å². The van der Waals surface area contributed by atoms with Crippen LogP contribution < -0.4 is 15.2 Å². The van der Waals surface area contributed by atoms with Crippen molar-refractivity contribution in [2.24, 2.45) is 10.9 Å². The van der Waals surface area contributed by atoms with E-state index in [2.05, 4.69) is 5.16 Å². The van der Waals surface area contributed by atoms with Crippen molar-refractivity contribution in [1.82, 2.24) is 0 Å². The zero-order valence-corrected chi connectivity index (χ0v) is 11.9. The summed E-state index contributed by atoms with van der Waals surface area (Å²) in [6.07, 6.45) is 4.12. The number of nitrogens with zero attached hydrogens (tertiary/aromatic N) is 1. The van der Waals surface area contributed by atoms with E-state index >= 15 is 0 Å². The highest BCUT2D eigenvalue weighted by Gasteiger charge is 2.44.